The fourth-order valence-corrected chi connectivity index (χ4v) is 3.32. The summed E-state index contributed by atoms with van der Waals surface area (Å²) in [5.41, 5.74) is 3.62. The number of hydrogen-bond donors (Lipinski definition) is 2. The van der Waals surface area contributed by atoms with Gasteiger partial charge in [0.15, 0.2) is 0 Å². The van der Waals surface area contributed by atoms with E-state index >= 15 is 0 Å². The third-order valence-corrected chi connectivity index (χ3v) is 4.70. The van der Waals surface area contributed by atoms with Crippen molar-refractivity contribution < 1.29 is 9.53 Å². The number of pyridine rings is 1. The average Bonchev–Trinajstić information content (AvgIpc) is 2.69. The molecule has 2 N–H and O–H groups in total. The van der Waals surface area contributed by atoms with E-state index in [1.165, 1.54) is 32.1 Å². The Morgan fingerprint density at radius 2 is 2.04 bits per heavy atom. The standard InChI is InChI=1S/C21H27N3O2/c1-2-26-21(25)17-10-11-19(24-18-8-4-3-5-9-18)20(13-17)23-15-16-7-6-12-22-14-16/h6-7,10-14,18,23-24H,2-5,8-9,15H2,1H3. The molecule has 138 valence electrons. The van der Waals surface area contributed by atoms with Crippen LogP contribution in [0.15, 0.2) is 42.7 Å². The van der Waals surface area contributed by atoms with E-state index < -0.39 is 0 Å². The molecule has 1 aromatic carbocycles. The zero-order valence-corrected chi connectivity index (χ0v) is 15.3. The number of benzene rings is 1. The van der Waals surface area contributed by atoms with E-state index in [9.17, 15) is 4.79 Å². The molecule has 0 saturated heterocycles. The molecule has 1 aliphatic rings. The van der Waals surface area contributed by atoms with Crippen molar-refractivity contribution in [1.82, 2.24) is 4.98 Å². The number of esters is 1. The number of carbonyl (C=O) groups is 1. The average molecular weight is 353 g/mol. The van der Waals surface area contributed by atoms with Gasteiger partial charge in [0.1, 0.15) is 0 Å². The van der Waals surface area contributed by atoms with E-state index in [2.05, 4.69) is 15.6 Å². The second-order valence-electron chi connectivity index (χ2n) is 6.67. The molecule has 0 amide bonds. The molecule has 3 rings (SSSR count). The van der Waals surface area contributed by atoms with Gasteiger partial charge in [0.2, 0.25) is 0 Å². The Labute approximate surface area is 155 Å². The van der Waals surface area contributed by atoms with Crippen LogP contribution >= 0.6 is 0 Å². The highest BCUT2D eigenvalue weighted by Gasteiger charge is 2.16. The van der Waals surface area contributed by atoms with Crippen LogP contribution in [-0.4, -0.2) is 23.6 Å². The smallest absolute Gasteiger partial charge is 0.338 e. The Morgan fingerprint density at radius 3 is 2.77 bits per heavy atom. The topological polar surface area (TPSA) is 63.2 Å². The highest BCUT2D eigenvalue weighted by Crippen LogP contribution is 2.28. The molecule has 26 heavy (non-hydrogen) atoms. The zero-order valence-electron chi connectivity index (χ0n) is 15.3. The van der Waals surface area contributed by atoms with Gasteiger partial charge in [0.05, 0.1) is 23.5 Å². The van der Waals surface area contributed by atoms with E-state index in [1.54, 1.807) is 6.20 Å². The lowest BCUT2D eigenvalue weighted by Gasteiger charge is -2.25. The van der Waals surface area contributed by atoms with Gasteiger partial charge in [0, 0.05) is 25.0 Å². The van der Waals surface area contributed by atoms with Crippen LogP contribution in [0.2, 0.25) is 0 Å². The molecule has 1 fully saturated rings. The van der Waals surface area contributed by atoms with Crippen LogP contribution in [0, 0.1) is 0 Å². The monoisotopic (exact) mass is 353 g/mol. The molecule has 1 heterocycles. The highest BCUT2D eigenvalue weighted by atomic mass is 16.5. The fourth-order valence-electron chi connectivity index (χ4n) is 3.32. The van der Waals surface area contributed by atoms with Gasteiger partial charge in [0.25, 0.3) is 0 Å². The lowest BCUT2D eigenvalue weighted by Crippen LogP contribution is -2.23. The van der Waals surface area contributed by atoms with Gasteiger partial charge in [-0.1, -0.05) is 25.3 Å². The SMILES string of the molecule is CCOC(=O)c1ccc(NC2CCCCC2)c(NCc2cccnc2)c1. The van der Waals surface area contributed by atoms with E-state index in [0.29, 0.717) is 24.8 Å². The molecule has 0 radical (unpaired) electrons. The van der Waals surface area contributed by atoms with Crippen molar-refractivity contribution in [3.05, 3.63) is 53.9 Å². The highest BCUT2D eigenvalue weighted by molar-refractivity contribution is 5.92. The normalized spacial score (nSPS) is 14.7. The molecule has 0 aliphatic heterocycles. The van der Waals surface area contributed by atoms with Crippen molar-refractivity contribution in [3.63, 3.8) is 0 Å². The number of anilines is 2. The number of rotatable bonds is 7. The van der Waals surface area contributed by atoms with Crippen molar-refractivity contribution in [3.8, 4) is 0 Å². The first-order chi connectivity index (χ1) is 12.8. The first kappa shape index (κ1) is 18.2. The van der Waals surface area contributed by atoms with Gasteiger partial charge >= 0.3 is 5.97 Å². The summed E-state index contributed by atoms with van der Waals surface area (Å²) in [7, 11) is 0. The molecule has 2 aromatic rings. The molecule has 0 unspecified atom stereocenters. The van der Waals surface area contributed by atoms with Crippen LogP contribution in [0.3, 0.4) is 0 Å². The number of nitrogens with one attached hydrogen (secondary N) is 2. The minimum Gasteiger partial charge on any atom is -0.462 e. The maximum atomic E-state index is 12.1. The molecule has 5 nitrogen and oxygen atoms in total. The number of hydrogen-bond acceptors (Lipinski definition) is 5. The molecule has 0 bridgehead atoms. The maximum Gasteiger partial charge on any atom is 0.338 e. The molecule has 5 heteroatoms. The fraction of sp³-hybridized carbons (Fsp3) is 0.429. The van der Waals surface area contributed by atoms with Gasteiger partial charge in [-0.15, -0.1) is 0 Å². The molecular formula is C21H27N3O2. The van der Waals surface area contributed by atoms with Crippen LogP contribution in [-0.2, 0) is 11.3 Å². The molecule has 1 aromatic heterocycles. The summed E-state index contributed by atoms with van der Waals surface area (Å²) in [5, 5.41) is 7.10. The third-order valence-electron chi connectivity index (χ3n) is 4.70. The van der Waals surface area contributed by atoms with Crippen molar-refractivity contribution in [2.75, 3.05) is 17.2 Å². The summed E-state index contributed by atoms with van der Waals surface area (Å²) in [6.45, 7) is 2.84. The van der Waals surface area contributed by atoms with Crippen molar-refractivity contribution in [1.29, 1.82) is 0 Å². The summed E-state index contributed by atoms with van der Waals surface area (Å²) in [6, 6.07) is 10.1. The quantitative estimate of drug-likeness (QED) is 0.712. The minimum absolute atomic E-state index is 0.291. The van der Waals surface area contributed by atoms with Crippen LogP contribution in [0.1, 0.15) is 54.9 Å². The van der Waals surface area contributed by atoms with Crippen molar-refractivity contribution in [2.45, 2.75) is 51.6 Å². The van der Waals surface area contributed by atoms with Gasteiger partial charge in [-0.2, -0.15) is 0 Å². The Hall–Kier alpha value is -2.56. The summed E-state index contributed by atoms with van der Waals surface area (Å²) >= 11 is 0. The lowest BCUT2D eigenvalue weighted by atomic mass is 9.95. The molecule has 1 saturated carbocycles. The summed E-state index contributed by atoms with van der Waals surface area (Å²) < 4.78 is 5.14. The van der Waals surface area contributed by atoms with Crippen molar-refractivity contribution >= 4 is 17.3 Å². The Kier molecular flexibility index (Phi) is 6.47. The van der Waals surface area contributed by atoms with Gasteiger partial charge in [-0.25, -0.2) is 4.79 Å². The summed E-state index contributed by atoms with van der Waals surface area (Å²) in [5.74, 6) is -0.291. The van der Waals surface area contributed by atoms with Gasteiger partial charge in [-0.05, 0) is 49.6 Å². The number of aromatic nitrogens is 1. The Morgan fingerprint density at radius 1 is 1.19 bits per heavy atom. The van der Waals surface area contributed by atoms with E-state index in [4.69, 9.17) is 4.74 Å². The second-order valence-corrected chi connectivity index (χ2v) is 6.67. The molecular weight excluding hydrogens is 326 g/mol. The van der Waals surface area contributed by atoms with Crippen LogP contribution in [0.4, 0.5) is 11.4 Å². The predicted molar refractivity (Wildman–Crippen MR) is 104 cm³/mol. The number of carbonyl (C=O) groups excluding carboxylic acids is 1. The van der Waals surface area contributed by atoms with Crippen LogP contribution in [0.25, 0.3) is 0 Å². The molecule has 1 aliphatic carbocycles. The van der Waals surface area contributed by atoms with Crippen LogP contribution < -0.4 is 10.6 Å². The number of nitrogens with zero attached hydrogens (tertiary/aromatic N) is 1. The molecule has 0 spiro atoms. The predicted octanol–water partition coefficient (Wildman–Crippen LogP) is 4.62. The van der Waals surface area contributed by atoms with Gasteiger partial charge in [-0.3, -0.25) is 4.98 Å². The largest absolute Gasteiger partial charge is 0.462 e. The summed E-state index contributed by atoms with van der Waals surface area (Å²) in [6.07, 6.45) is 9.88. The van der Waals surface area contributed by atoms with E-state index in [1.807, 2.05) is 43.5 Å². The zero-order chi connectivity index (χ0) is 18.2. The first-order valence-electron chi connectivity index (χ1n) is 9.46. The second kappa shape index (κ2) is 9.22. The Balaban J connectivity index is 1.78. The van der Waals surface area contributed by atoms with Crippen LogP contribution in [0.5, 0.6) is 0 Å². The number of ether oxygens (including phenoxy) is 1. The first-order valence-corrected chi connectivity index (χ1v) is 9.46. The van der Waals surface area contributed by atoms with E-state index in [-0.39, 0.29) is 5.97 Å². The molecule has 0 atom stereocenters. The Bertz CT molecular complexity index is 712. The summed E-state index contributed by atoms with van der Waals surface area (Å²) in [4.78, 5) is 16.2. The van der Waals surface area contributed by atoms with Crippen molar-refractivity contribution in [2.24, 2.45) is 0 Å². The third kappa shape index (κ3) is 4.97. The minimum atomic E-state index is -0.291. The van der Waals surface area contributed by atoms with Gasteiger partial charge < -0.3 is 15.4 Å². The van der Waals surface area contributed by atoms with E-state index in [0.717, 1.165) is 16.9 Å². The lowest BCUT2D eigenvalue weighted by molar-refractivity contribution is 0.0526. The maximum absolute atomic E-state index is 12.1.